The molecule has 0 saturated heterocycles. The molecule has 0 bridgehead atoms. The van der Waals surface area contributed by atoms with Crippen molar-refractivity contribution in [1.29, 1.82) is 0 Å². The number of hydrogen-bond acceptors (Lipinski definition) is 3. The third kappa shape index (κ3) is 2.51. The van der Waals surface area contributed by atoms with Gasteiger partial charge in [-0.1, -0.05) is 24.3 Å². The highest BCUT2D eigenvalue weighted by molar-refractivity contribution is 5.96. The predicted molar refractivity (Wildman–Crippen MR) is 79.3 cm³/mol. The fourth-order valence-electron chi connectivity index (χ4n) is 2.36. The van der Waals surface area contributed by atoms with Gasteiger partial charge >= 0.3 is 0 Å². The molecule has 2 aromatic carbocycles. The molecule has 0 aliphatic rings. The summed E-state index contributed by atoms with van der Waals surface area (Å²) in [6, 6.07) is 13.3. The minimum absolute atomic E-state index is 0.400. The number of nitrogens with one attached hydrogen (secondary N) is 1. The van der Waals surface area contributed by atoms with E-state index in [1.165, 1.54) is 11.1 Å². The van der Waals surface area contributed by atoms with Crippen LogP contribution < -0.4 is 5.48 Å². The average molecular weight is 281 g/mol. The van der Waals surface area contributed by atoms with Gasteiger partial charge in [0.2, 0.25) is 0 Å². The average Bonchev–Trinajstić information content (AvgIpc) is 2.91. The van der Waals surface area contributed by atoms with E-state index in [9.17, 15) is 4.79 Å². The highest BCUT2D eigenvalue weighted by atomic mass is 16.5. The SMILES string of the molecule is Cc1ccccc1Cn1cnc2ccc(C(=O)NO)cc21. The van der Waals surface area contributed by atoms with Gasteiger partial charge in [0.15, 0.2) is 0 Å². The van der Waals surface area contributed by atoms with E-state index in [-0.39, 0.29) is 0 Å². The summed E-state index contributed by atoms with van der Waals surface area (Å²) in [5.74, 6) is -0.527. The fraction of sp³-hybridized carbons (Fsp3) is 0.125. The Balaban J connectivity index is 2.03. The number of aromatic nitrogens is 2. The number of benzene rings is 2. The van der Waals surface area contributed by atoms with Crippen LogP contribution in [0.25, 0.3) is 11.0 Å². The van der Waals surface area contributed by atoms with E-state index in [0.29, 0.717) is 12.1 Å². The van der Waals surface area contributed by atoms with Crippen molar-refractivity contribution in [2.45, 2.75) is 13.5 Å². The molecule has 1 aromatic heterocycles. The molecular weight excluding hydrogens is 266 g/mol. The van der Waals surface area contributed by atoms with Crippen LogP contribution in [0.5, 0.6) is 0 Å². The van der Waals surface area contributed by atoms with Gasteiger partial charge in [0.1, 0.15) is 0 Å². The molecule has 0 aliphatic carbocycles. The maximum atomic E-state index is 11.5. The van der Waals surface area contributed by atoms with Crippen molar-refractivity contribution in [3.63, 3.8) is 0 Å². The molecule has 106 valence electrons. The third-order valence-electron chi connectivity index (χ3n) is 3.59. The van der Waals surface area contributed by atoms with Gasteiger partial charge in [0.05, 0.1) is 17.4 Å². The van der Waals surface area contributed by atoms with Crippen molar-refractivity contribution in [2.75, 3.05) is 0 Å². The van der Waals surface area contributed by atoms with Crippen LogP contribution >= 0.6 is 0 Å². The lowest BCUT2D eigenvalue weighted by atomic mass is 10.1. The van der Waals surface area contributed by atoms with E-state index in [0.717, 1.165) is 11.0 Å². The van der Waals surface area contributed by atoms with Crippen LogP contribution in [-0.4, -0.2) is 20.7 Å². The van der Waals surface area contributed by atoms with Gasteiger partial charge in [0.25, 0.3) is 5.91 Å². The van der Waals surface area contributed by atoms with Crippen molar-refractivity contribution in [3.8, 4) is 0 Å². The molecule has 0 atom stereocenters. The van der Waals surface area contributed by atoms with Crippen molar-refractivity contribution < 1.29 is 10.0 Å². The largest absolute Gasteiger partial charge is 0.326 e. The number of amides is 1. The molecule has 5 heteroatoms. The second kappa shape index (κ2) is 5.38. The van der Waals surface area contributed by atoms with Gasteiger partial charge in [-0.3, -0.25) is 10.0 Å². The molecule has 3 aromatic rings. The summed E-state index contributed by atoms with van der Waals surface area (Å²) >= 11 is 0. The molecule has 0 aliphatic heterocycles. The summed E-state index contributed by atoms with van der Waals surface area (Å²) in [5.41, 5.74) is 6.14. The monoisotopic (exact) mass is 281 g/mol. The summed E-state index contributed by atoms with van der Waals surface area (Å²) in [7, 11) is 0. The van der Waals surface area contributed by atoms with Crippen LogP contribution in [0.4, 0.5) is 0 Å². The second-order valence-corrected chi connectivity index (χ2v) is 4.94. The fourth-order valence-corrected chi connectivity index (χ4v) is 2.36. The first-order valence-corrected chi connectivity index (χ1v) is 6.63. The van der Waals surface area contributed by atoms with Crippen LogP contribution in [0.1, 0.15) is 21.5 Å². The molecule has 0 saturated carbocycles. The molecular formula is C16H15N3O2. The summed E-state index contributed by atoms with van der Waals surface area (Å²) in [6.45, 7) is 2.76. The van der Waals surface area contributed by atoms with E-state index in [1.54, 1.807) is 30.0 Å². The lowest BCUT2D eigenvalue weighted by Crippen LogP contribution is -2.18. The lowest BCUT2D eigenvalue weighted by molar-refractivity contribution is 0.0706. The van der Waals surface area contributed by atoms with E-state index in [1.807, 2.05) is 16.7 Å². The molecule has 3 rings (SSSR count). The van der Waals surface area contributed by atoms with E-state index >= 15 is 0 Å². The Kier molecular flexibility index (Phi) is 3.41. The number of fused-ring (bicyclic) bond motifs is 1. The van der Waals surface area contributed by atoms with Gasteiger partial charge in [-0.15, -0.1) is 0 Å². The zero-order chi connectivity index (χ0) is 14.8. The van der Waals surface area contributed by atoms with Crippen LogP contribution in [-0.2, 0) is 6.54 Å². The van der Waals surface area contributed by atoms with Gasteiger partial charge in [-0.2, -0.15) is 0 Å². The summed E-state index contributed by atoms with van der Waals surface area (Å²) in [6.07, 6.45) is 1.76. The molecule has 21 heavy (non-hydrogen) atoms. The number of nitrogens with zero attached hydrogens (tertiary/aromatic N) is 2. The van der Waals surface area contributed by atoms with E-state index in [2.05, 4.69) is 24.0 Å². The Labute approximate surface area is 121 Å². The van der Waals surface area contributed by atoms with Crippen LogP contribution in [0.2, 0.25) is 0 Å². The maximum absolute atomic E-state index is 11.5. The molecule has 1 heterocycles. The quantitative estimate of drug-likeness (QED) is 0.572. The summed E-state index contributed by atoms with van der Waals surface area (Å²) < 4.78 is 1.99. The first-order chi connectivity index (χ1) is 10.2. The van der Waals surface area contributed by atoms with Gasteiger partial charge < -0.3 is 4.57 Å². The van der Waals surface area contributed by atoms with Gasteiger partial charge in [-0.05, 0) is 36.2 Å². The normalized spacial score (nSPS) is 10.8. The minimum atomic E-state index is -0.527. The molecule has 2 N–H and O–H groups in total. The van der Waals surface area contributed by atoms with Crippen LogP contribution in [0.15, 0.2) is 48.8 Å². The summed E-state index contributed by atoms with van der Waals surface area (Å²) in [4.78, 5) is 15.9. The number of hydrogen-bond donors (Lipinski definition) is 2. The van der Waals surface area contributed by atoms with Gasteiger partial charge in [0, 0.05) is 12.1 Å². The van der Waals surface area contributed by atoms with Crippen molar-refractivity contribution in [3.05, 3.63) is 65.5 Å². The topological polar surface area (TPSA) is 67.2 Å². The molecule has 0 radical (unpaired) electrons. The second-order valence-electron chi connectivity index (χ2n) is 4.94. The summed E-state index contributed by atoms with van der Waals surface area (Å²) in [5, 5.41) is 8.73. The first kappa shape index (κ1) is 13.3. The van der Waals surface area contributed by atoms with E-state index in [4.69, 9.17) is 5.21 Å². The molecule has 0 fully saturated rings. The Morgan fingerprint density at radius 3 is 2.86 bits per heavy atom. The number of hydroxylamine groups is 1. The molecule has 1 amide bonds. The predicted octanol–water partition coefficient (Wildman–Crippen LogP) is 2.51. The third-order valence-corrected chi connectivity index (χ3v) is 3.59. The minimum Gasteiger partial charge on any atom is -0.326 e. The smallest absolute Gasteiger partial charge is 0.274 e. The van der Waals surface area contributed by atoms with Crippen molar-refractivity contribution in [2.24, 2.45) is 0 Å². The van der Waals surface area contributed by atoms with E-state index < -0.39 is 5.91 Å². The zero-order valence-corrected chi connectivity index (χ0v) is 11.6. The highest BCUT2D eigenvalue weighted by Gasteiger charge is 2.09. The van der Waals surface area contributed by atoms with Crippen molar-refractivity contribution >= 4 is 16.9 Å². The first-order valence-electron chi connectivity index (χ1n) is 6.63. The Morgan fingerprint density at radius 1 is 1.29 bits per heavy atom. The number of aryl methyl sites for hydroxylation is 1. The number of carbonyl (C=O) groups is 1. The number of imidazole rings is 1. The van der Waals surface area contributed by atoms with Crippen molar-refractivity contribution in [1.82, 2.24) is 15.0 Å². The Bertz CT molecular complexity index is 808. The molecule has 0 spiro atoms. The number of carbonyl (C=O) groups excluding carboxylic acids is 1. The Hall–Kier alpha value is -2.66. The standard InChI is InChI=1S/C16H15N3O2/c1-11-4-2-3-5-13(11)9-19-10-17-14-7-6-12(8-15(14)19)16(20)18-21/h2-8,10,21H,9H2,1H3,(H,18,20). The van der Waals surface area contributed by atoms with Gasteiger partial charge in [-0.25, -0.2) is 10.5 Å². The highest BCUT2D eigenvalue weighted by Crippen LogP contribution is 2.18. The van der Waals surface area contributed by atoms with Crippen LogP contribution in [0.3, 0.4) is 0 Å². The molecule has 5 nitrogen and oxygen atoms in total. The van der Waals surface area contributed by atoms with Crippen LogP contribution in [0, 0.1) is 6.92 Å². The number of rotatable bonds is 3. The lowest BCUT2D eigenvalue weighted by Gasteiger charge is -2.08. The molecule has 0 unspecified atom stereocenters. The Morgan fingerprint density at radius 2 is 2.10 bits per heavy atom. The maximum Gasteiger partial charge on any atom is 0.274 e. The zero-order valence-electron chi connectivity index (χ0n) is 11.6.